The van der Waals surface area contributed by atoms with Crippen molar-refractivity contribution in [2.75, 3.05) is 19.8 Å². The highest BCUT2D eigenvalue weighted by Gasteiger charge is 2.17. The predicted octanol–water partition coefficient (Wildman–Crippen LogP) is 17.6. The van der Waals surface area contributed by atoms with Crippen molar-refractivity contribution in [3.8, 4) is 0 Å². The molecule has 0 aliphatic rings. The van der Waals surface area contributed by atoms with E-state index >= 15 is 0 Å². The third-order valence-corrected chi connectivity index (χ3v) is 11.3. The van der Waals surface area contributed by atoms with Gasteiger partial charge in [-0.25, -0.2) is 0 Å². The second kappa shape index (κ2) is 51.2. The third-order valence-electron chi connectivity index (χ3n) is 11.3. The standard InChI is InChI=1S/C55H100O5/c1-4-7-10-13-16-19-22-25-27-29-32-35-38-41-44-47-50-58-51-53(60-55(57)49-46-43-40-37-34-30-24-21-18-15-12-9-6-3)52-59-54(56)48-45-42-39-36-33-31-28-26-23-20-17-14-11-8-5-2/h9,12,18,21,25,27,30,34,53H,4-8,10-11,13-17,19-20,22-24,26,28-29,31-33,35-52H2,1-3H3/b12-9-,21-18-,27-25-,34-30-. The molecule has 0 saturated carbocycles. The van der Waals surface area contributed by atoms with Crippen molar-refractivity contribution in [3.05, 3.63) is 48.6 Å². The zero-order valence-electron chi connectivity index (χ0n) is 40.2. The number of carbonyl (C=O) groups excluding carboxylic acids is 2. The third kappa shape index (κ3) is 48.5. The van der Waals surface area contributed by atoms with Crippen LogP contribution >= 0.6 is 0 Å². The van der Waals surface area contributed by atoms with Crippen LogP contribution in [0, 0.1) is 0 Å². The van der Waals surface area contributed by atoms with Crippen LogP contribution in [0.2, 0.25) is 0 Å². The molecule has 0 aromatic heterocycles. The minimum absolute atomic E-state index is 0.0743. The molecule has 0 rings (SSSR count). The summed E-state index contributed by atoms with van der Waals surface area (Å²) in [6.45, 7) is 7.70. The molecule has 5 nitrogen and oxygen atoms in total. The second-order valence-electron chi connectivity index (χ2n) is 17.4. The number of hydrogen-bond donors (Lipinski definition) is 0. The molecule has 0 aromatic carbocycles. The molecule has 0 fully saturated rings. The smallest absolute Gasteiger partial charge is 0.306 e. The van der Waals surface area contributed by atoms with Gasteiger partial charge in [-0.3, -0.25) is 9.59 Å². The van der Waals surface area contributed by atoms with Crippen molar-refractivity contribution in [1.82, 2.24) is 0 Å². The highest BCUT2D eigenvalue weighted by molar-refractivity contribution is 5.70. The second-order valence-corrected chi connectivity index (χ2v) is 17.4. The van der Waals surface area contributed by atoms with Crippen molar-refractivity contribution in [1.29, 1.82) is 0 Å². The number of hydrogen-bond acceptors (Lipinski definition) is 5. The first-order valence-corrected chi connectivity index (χ1v) is 26.2. The van der Waals surface area contributed by atoms with Crippen LogP contribution in [0.1, 0.15) is 265 Å². The fourth-order valence-corrected chi connectivity index (χ4v) is 7.46. The molecule has 0 radical (unpaired) electrons. The monoisotopic (exact) mass is 841 g/mol. The molecular weight excluding hydrogens is 741 g/mol. The van der Waals surface area contributed by atoms with Gasteiger partial charge in [0.1, 0.15) is 6.61 Å². The van der Waals surface area contributed by atoms with Crippen LogP contribution in [0.15, 0.2) is 48.6 Å². The van der Waals surface area contributed by atoms with E-state index in [2.05, 4.69) is 69.4 Å². The number of rotatable bonds is 48. The van der Waals surface area contributed by atoms with Gasteiger partial charge in [-0.15, -0.1) is 0 Å². The van der Waals surface area contributed by atoms with Crippen LogP contribution in [0.3, 0.4) is 0 Å². The average Bonchev–Trinajstić information content (AvgIpc) is 3.25. The summed E-state index contributed by atoms with van der Waals surface area (Å²) in [5.41, 5.74) is 0. The molecule has 0 aliphatic heterocycles. The Balaban J connectivity index is 4.28. The summed E-state index contributed by atoms with van der Waals surface area (Å²) < 4.78 is 17.4. The van der Waals surface area contributed by atoms with Crippen LogP contribution in [-0.2, 0) is 23.8 Å². The Morgan fingerprint density at radius 3 is 1.23 bits per heavy atom. The Hall–Kier alpha value is -2.14. The number of ether oxygens (including phenoxy) is 3. The molecular formula is C55H100O5. The van der Waals surface area contributed by atoms with Gasteiger partial charge in [-0.2, -0.15) is 0 Å². The van der Waals surface area contributed by atoms with Gasteiger partial charge in [-0.05, 0) is 77.0 Å². The largest absolute Gasteiger partial charge is 0.462 e. The lowest BCUT2D eigenvalue weighted by Gasteiger charge is -2.18. The molecule has 0 amide bonds. The molecule has 0 aromatic rings. The minimum atomic E-state index is -0.551. The van der Waals surface area contributed by atoms with Gasteiger partial charge in [0.15, 0.2) is 6.10 Å². The molecule has 0 heterocycles. The first-order chi connectivity index (χ1) is 29.6. The summed E-state index contributed by atoms with van der Waals surface area (Å²) in [5, 5.41) is 0. The Bertz CT molecular complexity index is 997. The SMILES string of the molecule is CC/C=C\C/C=C\C/C=C\CCCCCC(=O)OC(COCCCCCCCC/C=C\CCCCCCCC)COC(=O)CCCCCCCCCCCCCCCCC. The highest BCUT2D eigenvalue weighted by atomic mass is 16.6. The summed E-state index contributed by atoms with van der Waals surface area (Å²) >= 11 is 0. The van der Waals surface area contributed by atoms with E-state index in [0.29, 0.717) is 19.4 Å². The van der Waals surface area contributed by atoms with Gasteiger partial charge in [0.2, 0.25) is 0 Å². The van der Waals surface area contributed by atoms with Gasteiger partial charge in [0.25, 0.3) is 0 Å². The Morgan fingerprint density at radius 1 is 0.383 bits per heavy atom. The number of unbranched alkanes of at least 4 members (excludes halogenated alkanes) is 29. The molecule has 60 heavy (non-hydrogen) atoms. The lowest BCUT2D eigenvalue weighted by atomic mass is 10.0. The average molecular weight is 841 g/mol. The van der Waals surface area contributed by atoms with Crippen LogP contribution in [0.5, 0.6) is 0 Å². The Kier molecular flexibility index (Phi) is 49.4. The van der Waals surface area contributed by atoms with E-state index in [1.165, 1.54) is 161 Å². The fraction of sp³-hybridized carbons (Fsp3) is 0.818. The van der Waals surface area contributed by atoms with E-state index in [1.807, 2.05) is 0 Å². The maximum atomic E-state index is 12.8. The summed E-state index contributed by atoms with van der Waals surface area (Å²) in [5.74, 6) is -0.423. The highest BCUT2D eigenvalue weighted by Crippen LogP contribution is 2.15. The molecule has 0 saturated heterocycles. The van der Waals surface area contributed by atoms with Gasteiger partial charge >= 0.3 is 11.9 Å². The van der Waals surface area contributed by atoms with Gasteiger partial charge in [0, 0.05) is 19.4 Å². The van der Waals surface area contributed by atoms with Gasteiger partial charge in [0.05, 0.1) is 6.61 Å². The molecule has 0 N–H and O–H groups in total. The first-order valence-electron chi connectivity index (χ1n) is 26.2. The zero-order valence-corrected chi connectivity index (χ0v) is 40.2. The maximum Gasteiger partial charge on any atom is 0.306 e. The summed E-state index contributed by atoms with van der Waals surface area (Å²) in [6.07, 6.45) is 62.6. The van der Waals surface area contributed by atoms with E-state index in [1.54, 1.807) is 0 Å². The quantitative estimate of drug-likeness (QED) is 0.0347. The van der Waals surface area contributed by atoms with E-state index in [9.17, 15) is 9.59 Å². The molecule has 0 aliphatic carbocycles. The number of carbonyl (C=O) groups is 2. The molecule has 0 bridgehead atoms. The Labute approximate surface area is 373 Å². The topological polar surface area (TPSA) is 61.8 Å². The van der Waals surface area contributed by atoms with Crippen LogP contribution in [-0.4, -0.2) is 37.9 Å². The van der Waals surface area contributed by atoms with Crippen LogP contribution < -0.4 is 0 Å². The number of allylic oxidation sites excluding steroid dienone is 8. The minimum Gasteiger partial charge on any atom is -0.462 e. The van der Waals surface area contributed by atoms with Crippen LogP contribution in [0.4, 0.5) is 0 Å². The maximum absolute atomic E-state index is 12.8. The number of esters is 2. The van der Waals surface area contributed by atoms with Crippen molar-refractivity contribution in [2.45, 2.75) is 271 Å². The summed E-state index contributed by atoms with van der Waals surface area (Å²) in [4.78, 5) is 25.4. The van der Waals surface area contributed by atoms with Gasteiger partial charge < -0.3 is 14.2 Å². The normalized spacial score (nSPS) is 12.5. The van der Waals surface area contributed by atoms with Crippen molar-refractivity contribution in [3.63, 3.8) is 0 Å². The van der Waals surface area contributed by atoms with Crippen molar-refractivity contribution < 1.29 is 23.8 Å². The van der Waals surface area contributed by atoms with Gasteiger partial charge in [-0.1, -0.05) is 223 Å². The van der Waals surface area contributed by atoms with E-state index in [0.717, 1.165) is 70.6 Å². The lowest BCUT2D eigenvalue weighted by molar-refractivity contribution is -0.163. The lowest BCUT2D eigenvalue weighted by Crippen LogP contribution is -2.30. The van der Waals surface area contributed by atoms with E-state index < -0.39 is 6.10 Å². The van der Waals surface area contributed by atoms with Crippen LogP contribution in [0.25, 0.3) is 0 Å². The van der Waals surface area contributed by atoms with E-state index in [-0.39, 0.29) is 25.2 Å². The molecule has 0 spiro atoms. The van der Waals surface area contributed by atoms with E-state index in [4.69, 9.17) is 14.2 Å². The molecule has 1 unspecified atom stereocenters. The predicted molar refractivity (Wildman–Crippen MR) is 261 cm³/mol. The zero-order chi connectivity index (χ0) is 43.5. The Morgan fingerprint density at radius 2 is 0.750 bits per heavy atom. The molecule has 5 heteroatoms. The van der Waals surface area contributed by atoms with Crippen molar-refractivity contribution in [2.24, 2.45) is 0 Å². The first kappa shape index (κ1) is 57.9. The summed E-state index contributed by atoms with van der Waals surface area (Å²) in [7, 11) is 0. The fourth-order valence-electron chi connectivity index (χ4n) is 7.46. The molecule has 1 atom stereocenters. The van der Waals surface area contributed by atoms with Crippen molar-refractivity contribution >= 4 is 11.9 Å². The summed E-state index contributed by atoms with van der Waals surface area (Å²) in [6, 6.07) is 0. The molecule has 350 valence electrons.